The lowest BCUT2D eigenvalue weighted by atomic mass is 10.1. The van der Waals surface area contributed by atoms with Gasteiger partial charge in [-0.3, -0.25) is 14.2 Å². The Hall–Kier alpha value is -2.71. The first-order valence-corrected chi connectivity index (χ1v) is 9.90. The summed E-state index contributed by atoms with van der Waals surface area (Å²) in [5.41, 5.74) is 1.23. The van der Waals surface area contributed by atoms with E-state index in [1.165, 1.54) is 16.3 Å². The number of carbonyl (C=O) groups excluding carboxylic acids is 1. The molecule has 2 aromatic heterocycles. The van der Waals surface area contributed by atoms with Crippen molar-refractivity contribution < 1.29 is 9.53 Å². The van der Waals surface area contributed by atoms with E-state index in [0.29, 0.717) is 29.3 Å². The van der Waals surface area contributed by atoms with Crippen LogP contribution in [0.3, 0.4) is 0 Å². The Kier molecular flexibility index (Phi) is 6.78. The van der Waals surface area contributed by atoms with E-state index < -0.39 is 0 Å². The van der Waals surface area contributed by atoms with Gasteiger partial charge in [-0.05, 0) is 24.6 Å². The molecule has 3 aromatic rings. The smallest absolute Gasteiger partial charge is 0.263 e. The maximum atomic E-state index is 12.8. The lowest BCUT2D eigenvalue weighted by molar-refractivity contribution is -0.119. The second kappa shape index (κ2) is 9.48. The number of aromatic nitrogens is 3. The van der Waals surface area contributed by atoms with Crippen LogP contribution in [0.25, 0.3) is 11.0 Å². The van der Waals surface area contributed by atoms with Crippen molar-refractivity contribution in [3.05, 3.63) is 64.6 Å². The third kappa shape index (κ3) is 4.76. The summed E-state index contributed by atoms with van der Waals surface area (Å²) in [5, 5.41) is 3.87. The zero-order chi connectivity index (χ0) is 19.9. The van der Waals surface area contributed by atoms with Gasteiger partial charge in [0, 0.05) is 13.3 Å². The highest BCUT2D eigenvalue weighted by Crippen LogP contribution is 2.18. The minimum absolute atomic E-state index is 0.101. The molecule has 1 N–H and O–H groups in total. The summed E-state index contributed by atoms with van der Waals surface area (Å²) in [4.78, 5) is 33.8. The maximum Gasteiger partial charge on any atom is 0.263 e. The topological polar surface area (TPSA) is 86.1 Å². The molecule has 2 heterocycles. The number of amides is 1. The zero-order valence-corrected chi connectivity index (χ0v) is 16.6. The number of carbonyl (C=O) groups is 1. The van der Waals surface area contributed by atoms with Gasteiger partial charge in [0.05, 0.1) is 30.3 Å². The maximum absolute atomic E-state index is 12.8. The number of pyridine rings is 1. The van der Waals surface area contributed by atoms with E-state index in [4.69, 9.17) is 4.74 Å². The Balaban J connectivity index is 1.75. The van der Waals surface area contributed by atoms with Crippen molar-refractivity contribution in [2.24, 2.45) is 0 Å². The molecule has 3 rings (SSSR count). The lowest BCUT2D eigenvalue weighted by Crippen LogP contribution is -2.29. The SMILES string of the molecule is COCCn1c(SCC(=O)N[C@@H](C)c2ccccc2)nc2ncccc2c1=O. The molecule has 0 aliphatic carbocycles. The van der Waals surface area contributed by atoms with E-state index in [9.17, 15) is 9.59 Å². The van der Waals surface area contributed by atoms with E-state index in [0.717, 1.165) is 5.56 Å². The van der Waals surface area contributed by atoms with Crippen molar-refractivity contribution in [3.63, 3.8) is 0 Å². The number of nitrogens with one attached hydrogen (secondary N) is 1. The second-order valence-corrected chi connectivity index (χ2v) is 7.15. The third-order valence-electron chi connectivity index (χ3n) is 4.22. The summed E-state index contributed by atoms with van der Waals surface area (Å²) in [5.74, 6) is 0.0181. The summed E-state index contributed by atoms with van der Waals surface area (Å²) in [6, 6.07) is 13.1. The minimum Gasteiger partial charge on any atom is -0.383 e. The number of ether oxygens (including phenoxy) is 1. The number of methoxy groups -OCH3 is 1. The molecule has 0 saturated carbocycles. The number of fused-ring (bicyclic) bond motifs is 1. The molecule has 1 aromatic carbocycles. The highest BCUT2D eigenvalue weighted by atomic mass is 32.2. The van der Waals surface area contributed by atoms with Gasteiger partial charge in [0.15, 0.2) is 10.8 Å². The van der Waals surface area contributed by atoms with Gasteiger partial charge in [0.2, 0.25) is 5.91 Å². The van der Waals surface area contributed by atoms with Crippen molar-refractivity contribution >= 4 is 28.7 Å². The molecule has 0 fully saturated rings. The van der Waals surface area contributed by atoms with Crippen molar-refractivity contribution in [1.29, 1.82) is 0 Å². The van der Waals surface area contributed by atoms with Crippen molar-refractivity contribution in [1.82, 2.24) is 19.9 Å². The van der Waals surface area contributed by atoms with E-state index in [2.05, 4.69) is 15.3 Å². The van der Waals surface area contributed by atoms with Crippen LogP contribution in [0.15, 0.2) is 58.6 Å². The van der Waals surface area contributed by atoms with Gasteiger partial charge >= 0.3 is 0 Å². The van der Waals surface area contributed by atoms with Gasteiger partial charge < -0.3 is 10.1 Å². The first kappa shape index (κ1) is 20.0. The molecule has 0 radical (unpaired) electrons. The summed E-state index contributed by atoms with van der Waals surface area (Å²) >= 11 is 1.22. The Morgan fingerprint density at radius 3 is 2.79 bits per heavy atom. The minimum atomic E-state index is -0.185. The molecule has 0 spiro atoms. The number of benzene rings is 1. The highest BCUT2D eigenvalue weighted by Gasteiger charge is 2.15. The van der Waals surface area contributed by atoms with Crippen LogP contribution in [0.1, 0.15) is 18.5 Å². The van der Waals surface area contributed by atoms with Gasteiger partial charge in [0.1, 0.15) is 0 Å². The van der Waals surface area contributed by atoms with Crippen LogP contribution in [0.2, 0.25) is 0 Å². The quantitative estimate of drug-likeness (QED) is 0.463. The third-order valence-corrected chi connectivity index (χ3v) is 5.20. The normalized spacial score (nSPS) is 12.1. The van der Waals surface area contributed by atoms with Crippen LogP contribution in [-0.4, -0.2) is 39.9 Å². The predicted octanol–water partition coefficient (Wildman–Crippen LogP) is 2.41. The highest BCUT2D eigenvalue weighted by molar-refractivity contribution is 7.99. The Morgan fingerprint density at radius 1 is 1.25 bits per heavy atom. The molecule has 0 unspecified atom stereocenters. The lowest BCUT2D eigenvalue weighted by Gasteiger charge is -2.15. The summed E-state index contributed by atoms with van der Waals surface area (Å²) in [6.07, 6.45) is 1.59. The van der Waals surface area contributed by atoms with Crippen molar-refractivity contribution in [2.75, 3.05) is 19.5 Å². The Labute approximate surface area is 167 Å². The molecule has 0 aliphatic heterocycles. The standard InChI is InChI=1S/C20H22N4O3S/c1-14(15-7-4-3-5-8-15)22-17(25)13-28-20-23-18-16(9-6-10-21-18)19(26)24(20)11-12-27-2/h3-10,14H,11-13H2,1-2H3,(H,22,25)/t14-/m0/s1. The van der Waals surface area contributed by atoms with E-state index >= 15 is 0 Å². The summed E-state index contributed by atoms with van der Waals surface area (Å²) < 4.78 is 6.64. The molecular formula is C20H22N4O3S. The van der Waals surface area contributed by atoms with Crippen LogP contribution in [-0.2, 0) is 16.1 Å². The number of nitrogens with zero attached hydrogens (tertiary/aromatic N) is 3. The van der Waals surface area contributed by atoms with Crippen LogP contribution < -0.4 is 10.9 Å². The molecule has 146 valence electrons. The fourth-order valence-electron chi connectivity index (χ4n) is 2.76. The molecular weight excluding hydrogens is 376 g/mol. The van der Waals surface area contributed by atoms with Crippen molar-refractivity contribution in [3.8, 4) is 0 Å². The largest absolute Gasteiger partial charge is 0.383 e. The van der Waals surface area contributed by atoms with Gasteiger partial charge in [-0.2, -0.15) is 0 Å². The molecule has 0 bridgehead atoms. The van der Waals surface area contributed by atoms with Crippen molar-refractivity contribution in [2.45, 2.75) is 24.7 Å². The molecule has 1 amide bonds. The van der Waals surface area contributed by atoms with Crippen LogP contribution in [0.5, 0.6) is 0 Å². The molecule has 0 aliphatic rings. The average molecular weight is 398 g/mol. The van der Waals surface area contributed by atoms with Crippen LogP contribution in [0, 0.1) is 0 Å². The van der Waals surface area contributed by atoms with Crippen LogP contribution >= 0.6 is 11.8 Å². The van der Waals surface area contributed by atoms with Gasteiger partial charge in [-0.15, -0.1) is 0 Å². The second-order valence-electron chi connectivity index (χ2n) is 6.21. The monoisotopic (exact) mass is 398 g/mol. The molecule has 0 saturated heterocycles. The Bertz CT molecular complexity index is 1010. The molecule has 28 heavy (non-hydrogen) atoms. The fourth-order valence-corrected chi connectivity index (χ4v) is 3.59. The predicted molar refractivity (Wildman–Crippen MR) is 109 cm³/mol. The fraction of sp³-hybridized carbons (Fsp3) is 0.300. The first-order valence-electron chi connectivity index (χ1n) is 8.91. The molecule has 7 nitrogen and oxygen atoms in total. The van der Waals surface area contributed by atoms with Crippen LogP contribution in [0.4, 0.5) is 0 Å². The Morgan fingerprint density at radius 2 is 2.04 bits per heavy atom. The van der Waals surface area contributed by atoms with E-state index in [-0.39, 0.29) is 23.3 Å². The average Bonchev–Trinajstić information content (AvgIpc) is 2.72. The molecule has 1 atom stereocenters. The van der Waals surface area contributed by atoms with E-state index in [1.807, 2.05) is 37.3 Å². The number of rotatable bonds is 8. The number of hydrogen-bond donors (Lipinski definition) is 1. The summed E-state index contributed by atoms with van der Waals surface area (Å²) in [7, 11) is 1.58. The first-order chi connectivity index (χ1) is 13.6. The number of hydrogen-bond acceptors (Lipinski definition) is 6. The van der Waals surface area contributed by atoms with Gasteiger partial charge in [-0.25, -0.2) is 9.97 Å². The van der Waals surface area contributed by atoms with E-state index in [1.54, 1.807) is 25.4 Å². The molecule has 8 heteroatoms. The summed E-state index contributed by atoms with van der Waals surface area (Å²) in [6.45, 7) is 2.67. The zero-order valence-electron chi connectivity index (χ0n) is 15.8. The van der Waals surface area contributed by atoms with Gasteiger partial charge in [-0.1, -0.05) is 42.1 Å². The van der Waals surface area contributed by atoms with Gasteiger partial charge in [0.25, 0.3) is 5.56 Å². The number of thioether (sulfide) groups is 1.